The molecule has 3 heteroatoms. The van der Waals surface area contributed by atoms with Crippen LogP contribution in [0.2, 0.25) is 0 Å². The van der Waals surface area contributed by atoms with E-state index >= 15 is 0 Å². The summed E-state index contributed by atoms with van der Waals surface area (Å²) < 4.78 is 31.4. The minimum atomic E-state index is -0.887. The fraction of sp³-hybridized carbons (Fsp3) is 0.625. The molecule has 0 aromatic heterocycles. The summed E-state index contributed by atoms with van der Waals surface area (Å²) in [6, 6.07) is 4.02. The van der Waals surface area contributed by atoms with Gasteiger partial charge in [0.05, 0.1) is 6.61 Å². The topological polar surface area (TPSA) is 9.23 Å². The monoisotopic (exact) mass is 270 g/mol. The van der Waals surface area contributed by atoms with Crippen LogP contribution in [0.25, 0.3) is 0 Å². The van der Waals surface area contributed by atoms with Crippen molar-refractivity contribution < 1.29 is 13.5 Å². The molecule has 0 aliphatic rings. The first-order valence-electron chi connectivity index (χ1n) is 7.32. The zero-order chi connectivity index (χ0) is 13.9. The molecule has 1 nitrogen and oxygen atoms in total. The summed E-state index contributed by atoms with van der Waals surface area (Å²) >= 11 is 0. The fourth-order valence-corrected chi connectivity index (χ4v) is 2.01. The molecule has 1 aromatic rings. The molecule has 0 N–H and O–H groups in total. The second kappa shape index (κ2) is 9.76. The highest BCUT2D eigenvalue weighted by molar-refractivity contribution is 5.24. The van der Waals surface area contributed by atoms with Gasteiger partial charge < -0.3 is 4.74 Å². The molecule has 0 bridgehead atoms. The van der Waals surface area contributed by atoms with Gasteiger partial charge in [-0.1, -0.05) is 57.9 Å². The van der Waals surface area contributed by atoms with Crippen LogP contribution in [-0.2, 0) is 0 Å². The van der Waals surface area contributed by atoms with Crippen molar-refractivity contribution in [3.63, 3.8) is 0 Å². The fourth-order valence-electron chi connectivity index (χ4n) is 2.01. The molecule has 1 rings (SSSR count). The Labute approximate surface area is 115 Å². The van der Waals surface area contributed by atoms with Crippen LogP contribution in [0, 0.1) is 11.6 Å². The molecule has 0 unspecified atom stereocenters. The molecule has 0 heterocycles. The first-order valence-corrected chi connectivity index (χ1v) is 7.32. The third kappa shape index (κ3) is 6.55. The molecule has 1 aromatic carbocycles. The van der Waals surface area contributed by atoms with Crippen LogP contribution in [-0.4, -0.2) is 6.61 Å². The van der Waals surface area contributed by atoms with E-state index in [9.17, 15) is 8.78 Å². The third-order valence-electron chi connectivity index (χ3n) is 3.17. The predicted molar refractivity (Wildman–Crippen MR) is 74.5 cm³/mol. The third-order valence-corrected chi connectivity index (χ3v) is 3.17. The van der Waals surface area contributed by atoms with Gasteiger partial charge in [-0.3, -0.25) is 0 Å². The molecule has 0 saturated heterocycles. The zero-order valence-electron chi connectivity index (χ0n) is 11.8. The van der Waals surface area contributed by atoms with Gasteiger partial charge in [0.1, 0.15) is 0 Å². The highest BCUT2D eigenvalue weighted by Gasteiger charge is 2.07. The van der Waals surface area contributed by atoms with Gasteiger partial charge in [-0.15, -0.1) is 0 Å². The first-order chi connectivity index (χ1) is 9.25. The SMILES string of the molecule is CCCCCCCCCCOc1cccc(F)c1F. The number of unbranched alkanes of at least 4 members (excludes halogenated alkanes) is 7. The Morgan fingerprint density at radius 3 is 2.21 bits per heavy atom. The Hall–Kier alpha value is -1.12. The average molecular weight is 270 g/mol. The van der Waals surface area contributed by atoms with Crippen LogP contribution in [0.5, 0.6) is 5.75 Å². The van der Waals surface area contributed by atoms with Crippen LogP contribution >= 0.6 is 0 Å². The van der Waals surface area contributed by atoms with Gasteiger partial charge >= 0.3 is 0 Å². The quantitative estimate of drug-likeness (QED) is 0.511. The second-order valence-corrected chi connectivity index (χ2v) is 4.88. The Morgan fingerprint density at radius 1 is 0.895 bits per heavy atom. The Balaban J connectivity index is 2.03. The number of hydrogen-bond donors (Lipinski definition) is 0. The van der Waals surface area contributed by atoms with Gasteiger partial charge in [0, 0.05) is 0 Å². The van der Waals surface area contributed by atoms with E-state index in [0.29, 0.717) is 6.61 Å². The summed E-state index contributed by atoms with van der Waals surface area (Å²) in [6.45, 7) is 2.66. The maximum absolute atomic E-state index is 13.2. The largest absolute Gasteiger partial charge is 0.490 e. The Bertz CT molecular complexity index is 353. The average Bonchev–Trinajstić information content (AvgIpc) is 2.41. The minimum Gasteiger partial charge on any atom is -0.490 e. The molecule has 0 fully saturated rings. The molecule has 19 heavy (non-hydrogen) atoms. The molecule has 108 valence electrons. The smallest absolute Gasteiger partial charge is 0.200 e. The van der Waals surface area contributed by atoms with E-state index in [1.54, 1.807) is 0 Å². The van der Waals surface area contributed by atoms with Gasteiger partial charge in [0.2, 0.25) is 5.82 Å². The lowest BCUT2D eigenvalue weighted by molar-refractivity contribution is 0.284. The van der Waals surface area contributed by atoms with Gasteiger partial charge in [-0.2, -0.15) is 4.39 Å². The van der Waals surface area contributed by atoms with E-state index in [1.165, 1.54) is 50.7 Å². The number of rotatable bonds is 10. The lowest BCUT2D eigenvalue weighted by atomic mass is 10.1. The van der Waals surface area contributed by atoms with Crippen molar-refractivity contribution in [1.29, 1.82) is 0 Å². The van der Waals surface area contributed by atoms with E-state index < -0.39 is 11.6 Å². The van der Waals surface area contributed by atoms with Crippen molar-refractivity contribution in [3.8, 4) is 5.75 Å². The lowest BCUT2D eigenvalue weighted by Crippen LogP contribution is -2.00. The van der Waals surface area contributed by atoms with E-state index in [4.69, 9.17) is 4.74 Å². The molecule has 0 spiro atoms. The molecule has 0 atom stereocenters. The van der Waals surface area contributed by atoms with Crippen molar-refractivity contribution in [2.24, 2.45) is 0 Å². The molecule has 0 saturated carbocycles. The van der Waals surface area contributed by atoms with E-state index in [0.717, 1.165) is 18.9 Å². The van der Waals surface area contributed by atoms with Crippen LogP contribution in [0.15, 0.2) is 18.2 Å². The van der Waals surface area contributed by atoms with Crippen LogP contribution in [0.3, 0.4) is 0 Å². The summed E-state index contributed by atoms with van der Waals surface area (Å²) in [5.41, 5.74) is 0. The Morgan fingerprint density at radius 2 is 1.53 bits per heavy atom. The number of halogens is 2. The summed E-state index contributed by atoms with van der Waals surface area (Å²) in [5.74, 6) is -1.72. The molecule has 0 aliphatic carbocycles. The maximum Gasteiger partial charge on any atom is 0.200 e. The molecule has 0 radical (unpaired) electrons. The van der Waals surface area contributed by atoms with Crippen molar-refractivity contribution in [2.45, 2.75) is 58.3 Å². The van der Waals surface area contributed by atoms with E-state index in [-0.39, 0.29) is 5.75 Å². The van der Waals surface area contributed by atoms with Crippen molar-refractivity contribution >= 4 is 0 Å². The standard InChI is InChI=1S/C16H24F2O/c1-2-3-4-5-6-7-8-9-13-19-15-12-10-11-14(17)16(15)18/h10-12H,2-9,13H2,1H3. The molecular formula is C16H24F2O. The number of hydrogen-bond acceptors (Lipinski definition) is 1. The minimum absolute atomic E-state index is 0.0166. The summed E-state index contributed by atoms with van der Waals surface area (Å²) in [7, 11) is 0. The van der Waals surface area contributed by atoms with Crippen LogP contribution < -0.4 is 4.74 Å². The highest BCUT2D eigenvalue weighted by atomic mass is 19.2. The maximum atomic E-state index is 13.2. The summed E-state index contributed by atoms with van der Waals surface area (Å²) in [6.07, 6.45) is 9.64. The molecule has 0 amide bonds. The second-order valence-electron chi connectivity index (χ2n) is 4.88. The number of benzene rings is 1. The number of ether oxygens (including phenoxy) is 1. The van der Waals surface area contributed by atoms with Crippen LogP contribution in [0.4, 0.5) is 8.78 Å². The van der Waals surface area contributed by atoms with Gasteiger partial charge in [-0.05, 0) is 18.6 Å². The van der Waals surface area contributed by atoms with E-state index in [2.05, 4.69) is 6.92 Å². The normalized spacial score (nSPS) is 10.7. The van der Waals surface area contributed by atoms with Crippen molar-refractivity contribution in [1.82, 2.24) is 0 Å². The lowest BCUT2D eigenvalue weighted by Gasteiger charge is -2.07. The summed E-state index contributed by atoms with van der Waals surface area (Å²) in [4.78, 5) is 0. The molecular weight excluding hydrogens is 246 g/mol. The van der Waals surface area contributed by atoms with Crippen molar-refractivity contribution in [2.75, 3.05) is 6.61 Å². The predicted octanol–water partition coefficient (Wildman–Crippen LogP) is 5.48. The zero-order valence-corrected chi connectivity index (χ0v) is 11.8. The van der Waals surface area contributed by atoms with Crippen molar-refractivity contribution in [3.05, 3.63) is 29.8 Å². The van der Waals surface area contributed by atoms with Crippen LogP contribution in [0.1, 0.15) is 58.3 Å². The highest BCUT2D eigenvalue weighted by Crippen LogP contribution is 2.19. The molecule has 0 aliphatic heterocycles. The van der Waals surface area contributed by atoms with E-state index in [1.807, 2.05) is 0 Å². The van der Waals surface area contributed by atoms with Gasteiger partial charge in [0.25, 0.3) is 0 Å². The van der Waals surface area contributed by atoms with Gasteiger partial charge in [0.15, 0.2) is 11.6 Å². The van der Waals surface area contributed by atoms with Gasteiger partial charge in [-0.25, -0.2) is 4.39 Å². The first kappa shape index (κ1) is 15.9. The Kier molecular flexibility index (Phi) is 8.19. The summed E-state index contributed by atoms with van der Waals surface area (Å²) in [5, 5.41) is 0.